The minimum Gasteiger partial charge on any atom is -0.383 e. The average molecular weight is 284 g/mol. The van der Waals surface area contributed by atoms with E-state index in [1.165, 1.54) is 0 Å². The van der Waals surface area contributed by atoms with Gasteiger partial charge in [0.15, 0.2) is 0 Å². The Morgan fingerprint density at radius 2 is 2.05 bits per heavy atom. The second-order valence-electron chi connectivity index (χ2n) is 5.16. The number of hydrogen-bond donors (Lipinski definition) is 1. The molecule has 0 aliphatic carbocycles. The highest BCUT2D eigenvalue weighted by molar-refractivity contribution is 6.30. The Bertz CT molecular complexity index is 389. The van der Waals surface area contributed by atoms with E-state index in [4.69, 9.17) is 21.1 Å². The lowest BCUT2D eigenvalue weighted by Gasteiger charge is -2.32. The first-order valence-electron chi connectivity index (χ1n) is 6.90. The van der Waals surface area contributed by atoms with Gasteiger partial charge in [-0.15, -0.1) is 0 Å². The topological polar surface area (TPSA) is 30.5 Å². The van der Waals surface area contributed by atoms with Gasteiger partial charge in [-0.3, -0.25) is 0 Å². The number of halogens is 1. The molecular weight excluding hydrogens is 262 g/mol. The third-order valence-electron chi connectivity index (χ3n) is 3.26. The highest BCUT2D eigenvalue weighted by atomic mass is 35.5. The van der Waals surface area contributed by atoms with Crippen molar-refractivity contribution < 1.29 is 9.47 Å². The Labute approximate surface area is 120 Å². The monoisotopic (exact) mass is 283 g/mol. The average Bonchev–Trinajstić information content (AvgIpc) is 2.34. The number of anilines is 1. The number of ether oxygens (including phenoxy) is 2. The van der Waals surface area contributed by atoms with E-state index in [-0.39, 0.29) is 0 Å². The molecule has 0 radical (unpaired) electrons. The van der Waals surface area contributed by atoms with Crippen molar-refractivity contribution in [2.45, 2.75) is 45.0 Å². The second kappa shape index (κ2) is 7.13. The van der Waals surface area contributed by atoms with Crippen molar-refractivity contribution in [3.63, 3.8) is 0 Å². The van der Waals surface area contributed by atoms with Crippen LogP contribution in [-0.2, 0) is 9.47 Å². The molecular formula is C15H22ClNO2. The molecule has 0 bridgehead atoms. The Morgan fingerprint density at radius 3 is 2.74 bits per heavy atom. The molecule has 3 nitrogen and oxygen atoms in total. The lowest BCUT2D eigenvalue weighted by molar-refractivity contribution is -0.0998. The molecule has 0 amide bonds. The maximum Gasteiger partial charge on any atom is 0.0642 e. The van der Waals surface area contributed by atoms with Crippen LogP contribution in [-0.4, -0.2) is 31.5 Å². The van der Waals surface area contributed by atoms with Crippen LogP contribution in [0.2, 0.25) is 5.02 Å². The fraction of sp³-hybridized carbons (Fsp3) is 0.600. The van der Waals surface area contributed by atoms with Crippen LogP contribution >= 0.6 is 11.6 Å². The SMILES string of the molecule is CC1CC(OCCNc2cccc(Cl)c2)CC(C)O1. The molecule has 1 fully saturated rings. The van der Waals surface area contributed by atoms with Crippen molar-refractivity contribution in [2.24, 2.45) is 0 Å². The molecule has 19 heavy (non-hydrogen) atoms. The van der Waals surface area contributed by atoms with Gasteiger partial charge in [0, 0.05) is 17.3 Å². The Kier molecular flexibility index (Phi) is 5.49. The molecule has 0 spiro atoms. The first-order chi connectivity index (χ1) is 9.13. The van der Waals surface area contributed by atoms with Gasteiger partial charge in [0.1, 0.15) is 0 Å². The van der Waals surface area contributed by atoms with Crippen molar-refractivity contribution in [3.05, 3.63) is 29.3 Å². The first kappa shape index (κ1) is 14.6. The zero-order valence-electron chi connectivity index (χ0n) is 11.6. The summed E-state index contributed by atoms with van der Waals surface area (Å²) in [5.41, 5.74) is 1.03. The maximum atomic E-state index is 5.93. The fourth-order valence-corrected chi connectivity index (χ4v) is 2.69. The summed E-state index contributed by atoms with van der Waals surface area (Å²) in [6, 6.07) is 7.73. The van der Waals surface area contributed by atoms with Crippen LogP contribution in [0, 0.1) is 0 Å². The van der Waals surface area contributed by atoms with E-state index < -0.39 is 0 Å². The van der Waals surface area contributed by atoms with E-state index in [0.717, 1.165) is 30.1 Å². The van der Waals surface area contributed by atoms with Gasteiger partial charge in [0.25, 0.3) is 0 Å². The summed E-state index contributed by atoms with van der Waals surface area (Å²) in [7, 11) is 0. The maximum absolute atomic E-state index is 5.93. The van der Waals surface area contributed by atoms with E-state index in [9.17, 15) is 0 Å². The molecule has 2 atom stereocenters. The van der Waals surface area contributed by atoms with Crippen LogP contribution < -0.4 is 5.32 Å². The first-order valence-corrected chi connectivity index (χ1v) is 7.28. The van der Waals surface area contributed by atoms with Crippen LogP contribution in [0.4, 0.5) is 5.69 Å². The zero-order chi connectivity index (χ0) is 13.7. The Morgan fingerprint density at radius 1 is 1.32 bits per heavy atom. The molecule has 1 N–H and O–H groups in total. The molecule has 1 heterocycles. The van der Waals surface area contributed by atoms with Crippen LogP contribution in [0.25, 0.3) is 0 Å². The second-order valence-corrected chi connectivity index (χ2v) is 5.60. The molecule has 1 aromatic rings. The van der Waals surface area contributed by atoms with Crippen LogP contribution in [0.1, 0.15) is 26.7 Å². The highest BCUT2D eigenvalue weighted by Crippen LogP contribution is 2.21. The molecule has 2 rings (SSSR count). The van der Waals surface area contributed by atoms with Crippen LogP contribution in [0.5, 0.6) is 0 Å². The number of hydrogen-bond acceptors (Lipinski definition) is 3. The third kappa shape index (κ3) is 5.01. The standard InChI is InChI=1S/C15H22ClNO2/c1-11-8-15(9-12(2)19-11)18-7-6-17-14-5-3-4-13(16)10-14/h3-5,10-12,15,17H,6-9H2,1-2H3. The summed E-state index contributed by atoms with van der Waals surface area (Å²) < 4.78 is 11.6. The smallest absolute Gasteiger partial charge is 0.0642 e. The summed E-state index contributed by atoms with van der Waals surface area (Å²) >= 11 is 5.93. The lowest BCUT2D eigenvalue weighted by atomic mass is 10.0. The summed E-state index contributed by atoms with van der Waals surface area (Å²) in [6.45, 7) is 5.71. The van der Waals surface area contributed by atoms with Crippen molar-refractivity contribution in [1.29, 1.82) is 0 Å². The number of benzene rings is 1. The predicted molar refractivity (Wildman–Crippen MR) is 78.9 cm³/mol. The third-order valence-corrected chi connectivity index (χ3v) is 3.50. The van der Waals surface area contributed by atoms with Gasteiger partial charge in [-0.05, 0) is 44.9 Å². The van der Waals surface area contributed by atoms with Gasteiger partial charge < -0.3 is 14.8 Å². The van der Waals surface area contributed by atoms with Crippen LogP contribution in [0.3, 0.4) is 0 Å². The van der Waals surface area contributed by atoms with E-state index in [0.29, 0.717) is 24.9 Å². The predicted octanol–water partition coefficient (Wildman–Crippen LogP) is 3.72. The molecule has 1 aliphatic heterocycles. The van der Waals surface area contributed by atoms with Gasteiger partial charge in [-0.25, -0.2) is 0 Å². The largest absolute Gasteiger partial charge is 0.383 e. The lowest BCUT2D eigenvalue weighted by Crippen LogP contribution is -2.34. The summed E-state index contributed by atoms with van der Waals surface area (Å²) in [5.74, 6) is 0. The van der Waals surface area contributed by atoms with Crippen molar-refractivity contribution in [2.75, 3.05) is 18.5 Å². The number of rotatable bonds is 5. The molecule has 1 aromatic carbocycles. The molecule has 2 unspecified atom stereocenters. The summed E-state index contributed by atoms with van der Waals surface area (Å²) in [4.78, 5) is 0. The Hall–Kier alpha value is -0.770. The van der Waals surface area contributed by atoms with Crippen molar-refractivity contribution in [1.82, 2.24) is 0 Å². The minimum absolute atomic E-state index is 0.301. The number of nitrogens with one attached hydrogen (secondary N) is 1. The molecule has 4 heteroatoms. The molecule has 0 saturated carbocycles. The van der Waals surface area contributed by atoms with Crippen molar-refractivity contribution in [3.8, 4) is 0 Å². The van der Waals surface area contributed by atoms with E-state index >= 15 is 0 Å². The Balaban J connectivity index is 1.66. The minimum atomic E-state index is 0.301. The molecule has 1 aliphatic rings. The summed E-state index contributed by atoms with van der Waals surface area (Å²) in [6.07, 6.45) is 2.90. The van der Waals surface area contributed by atoms with E-state index in [1.807, 2.05) is 24.3 Å². The highest BCUT2D eigenvalue weighted by Gasteiger charge is 2.24. The van der Waals surface area contributed by atoms with E-state index in [1.54, 1.807) is 0 Å². The van der Waals surface area contributed by atoms with Crippen molar-refractivity contribution >= 4 is 17.3 Å². The molecule has 1 saturated heterocycles. The molecule has 106 valence electrons. The van der Waals surface area contributed by atoms with Gasteiger partial charge >= 0.3 is 0 Å². The van der Waals surface area contributed by atoms with E-state index in [2.05, 4.69) is 19.2 Å². The van der Waals surface area contributed by atoms with Gasteiger partial charge in [0.05, 0.1) is 24.9 Å². The fourth-order valence-electron chi connectivity index (χ4n) is 2.50. The zero-order valence-corrected chi connectivity index (χ0v) is 12.3. The van der Waals surface area contributed by atoms with Gasteiger partial charge in [-0.2, -0.15) is 0 Å². The summed E-state index contributed by atoms with van der Waals surface area (Å²) in [5, 5.41) is 4.05. The van der Waals surface area contributed by atoms with Crippen LogP contribution in [0.15, 0.2) is 24.3 Å². The normalized spacial score (nSPS) is 27.2. The molecule has 0 aromatic heterocycles. The van der Waals surface area contributed by atoms with Gasteiger partial charge in [0.2, 0.25) is 0 Å². The van der Waals surface area contributed by atoms with Gasteiger partial charge in [-0.1, -0.05) is 17.7 Å². The quantitative estimate of drug-likeness (QED) is 0.836.